The van der Waals surface area contributed by atoms with E-state index in [0.717, 1.165) is 18.4 Å². The molecule has 0 heterocycles. The van der Waals surface area contributed by atoms with Gasteiger partial charge in [0, 0.05) is 23.6 Å². The Morgan fingerprint density at radius 1 is 1.42 bits per heavy atom. The van der Waals surface area contributed by atoms with Crippen LogP contribution >= 0.6 is 23.2 Å². The summed E-state index contributed by atoms with van der Waals surface area (Å²) in [4.78, 5) is 13.8. The van der Waals surface area contributed by atoms with E-state index in [4.69, 9.17) is 23.2 Å². The molecule has 1 N–H and O–H groups in total. The molecule has 19 heavy (non-hydrogen) atoms. The van der Waals surface area contributed by atoms with E-state index >= 15 is 0 Å². The van der Waals surface area contributed by atoms with E-state index in [0.29, 0.717) is 22.5 Å². The Morgan fingerprint density at radius 2 is 2.11 bits per heavy atom. The van der Waals surface area contributed by atoms with E-state index in [-0.39, 0.29) is 18.4 Å². The quantitative estimate of drug-likeness (QED) is 0.929. The molecule has 1 aliphatic carbocycles. The Labute approximate surface area is 123 Å². The average Bonchev–Trinajstić information content (AvgIpc) is 2.30. The molecule has 3 nitrogen and oxygen atoms in total. The number of amides is 1. The van der Waals surface area contributed by atoms with Crippen LogP contribution in [0.3, 0.4) is 0 Å². The zero-order valence-corrected chi connectivity index (χ0v) is 12.3. The summed E-state index contributed by atoms with van der Waals surface area (Å²) in [6.45, 7) is 0.696. The van der Waals surface area contributed by atoms with Gasteiger partial charge in [0.2, 0.25) is 5.91 Å². The van der Waals surface area contributed by atoms with Crippen LogP contribution in [0.15, 0.2) is 18.2 Å². The van der Waals surface area contributed by atoms with Crippen molar-refractivity contribution in [1.82, 2.24) is 4.90 Å². The standard InChI is InChI=1S/C14H17Cl2NO2/c1-17(8-9-4-12(18)5-9)14(19)6-10-2-3-11(15)7-13(10)16/h2-3,7,9,12,18H,4-6,8H2,1H3. The van der Waals surface area contributed by atoms with Crippen molar-refractivity contribution in [3.8, 4) is 0 Å². The Bertz CT molecular complexity index is 473. The minimum absolute atomic E-state index is 0.0330. The number of hydrogen-bond donors (Lipinski definition) is 1. The number of halogens is 2. The highest BCUT2D eigenvalue weighted by molar-refractivity contribution is 6.35. The molecule has 0 radical (unpaired) electrons. The molecule has 104 valence electrons. The molecule has 1 fully saturated rings. The van der Waals surface area contributed by atoms with Crippen molar-refractivity contribution >= 4 is 29.1 Å². The van der Waals surface area contributed by atoms with E-state index in [1.165, 1.54) is 0 Å². The number of carbonyl (C=O) groups excluding carboxylic acids is 1. The van der Waals surface area contributed by atoms with Crippen molar-refractivity contribution in [2.45, 2.75) is 25.4 Å². The second-order valence-corrected chi connectivity index (χ2v) is 6.02. The molecule has 5 heteroatoms. The SMILES string of the molecule is CN(CC1CC(O)C1)C(=O)Cc1ccc(Cl)cc1Cl. The minimum Gasteiger partial charge on any atom is -0.393 e. The number of rotatable bonds is 4. The summed E-state index contributed by atoms with van der Waals surface area (Å²) in [5.74, 6) is 0.454. The van der Waals surface area contributed by atoms with Gasteiger partial charge in [0.15, 0.2) is 0 Å². The van der Waals surface area contributed by atoms with Crippen LogP contribution in [0.2, 0.25) is 10.0 Å². The number of nitrogens with zero attached hydrogens (tertiary/aromatic N) is 1. The van der Waals surface area contributed by atoms with Crippen molar-refractivity contribution < 1.29 is 9.90 Å². The molecule has 1 amide bonds. The maximum absolute atomic E-state index is 12.1. The first-order chi connectivity index (χ1) is 8.95. The summed E-state index contributed by atoms with van der Waals surface area (Å²) in [5, 5.41) is 10.3. The summed E-state index contributed by atoms with van der Waals surface area (Å²) in [6, 6.07) is 5.16. The van der Waals surface area contributed by atoms with E-state index in [1.807, 2.05) is 0 Å². The van der Waals surface area contributed by atoms with E-state index in [1.54, 1.807) is 30.1 Å². The van der Waals surface area contributed by atoms with Gasteiger partial charge in [-0.1, -0.05) is 29.3 Å². The van der Waals surface area contributed by atoms with Gasteiger partial charge in [0.25, 0.3) is 0 Å². The highest BCUT2D eigenvalue weighted by Crippen LogP contribution is 2.28. The van der Waals surface area contributed by atoms with Crippen LogP contribution in [0, 0.1) is 5.92 Å². The third kappa shape index (κ3) is 3.85. The van der Waals surface area contributed by atoms with Gasteiger partial charge in [-0.2, -0.15) is 0 Å². The Kier molecular flexibility index (Phi) is 4.71. The summed E-state index contributed by atoms with van der Waals surface area (Å²) >= 11 is 11.9. The number of likely N-dealkylation sites (N-methyl/N-ethyl adjacent to an activating group) is 1. The van der Waals surface area contributed by atoms with E-state index in [2.05, 4.69) is 0 Å². The normalized spacial score (nSPS) is 21.9. The van der Waals surface area contributed by atoms with Gasteiger partial charge in [0.1, 0.15) is 0 Å². The van der Waals surface area contributed by atoms with Crippen LogP contribution in [-0.2, 0) is 11.2 Å². The molecule has 1 aliphatic rings. The van der Waals surface area contributed by atoms with Crippen molar-refractivity contribution in [2.24, 2.45) is 5.92 Å². The van der Waals surface area contributed by atoms with Gasteiger partial charge in [-0.3, -0.25) is 4.79 Å². The molecule has 2 rings (SSSR count). The first-order valence-electron chi connectivity index (χ1n) is 6.31. The summed E-state index contributed by atoms with van der Waals surface area (Å²) in [6.07, 6.45) is 1.68. The second kappa shape index (κ2) is 6.12. The molecule has 0 spiro atoms. The number of benzene rings is 1. The lowest BCUT2D eigenvalue weighted by molar-refractivity contribution is -0.130. The van der Waals surface area contributed by atoms with E-state index in [9.17, 15) is 9.90 Å². The molecule has 1 saturated carbocycles. The fourth-order valence-electron chi connectivity index (χ4n) is 2.30. The molecule has 0 saturated heterocycles. The van der Waals surface area contributed by atoms with Crippen LogP contribution in [0.5, 0.6) is 0 Å². The fourth-order valence-corrected chi connectivity index (χ4v) is 2.78. The third-order valence-electron chi connectivity index (χ3n) is 3.53. The predicted molar refractivity (Wildman–Crippen MR) is 76.5 cm³/mol. The number of hydrogen-bond acceptors (Lipinski definition) is 2. The summed E-state index contributed by atoms with van der Waals surface area (Å²) in [7, 11) is 1.79. The van der Waals surface area contributed by atoms with Gasteiger partial charge >= 0.3 is 0 Å². The first kappa shape index (κ1) is 14.6. The van der Waals surface area contributed by atoms with Gasteiger partial charge in [-0.05, 0) is 36.5 Å². The number of aliphatic hydroxyl groups excluding tert-OH is 1. The zero-order valence-electron chi connectivity index (χ0n) is 10.8. The van der Waals surface area contributed by atoms with Gasteiger partial charge < -0.3 is 10.0 Å². The lowest BCUT2D eigenvalue weighted by Crippen LogP contribution is -2.40. The van der Waals surface area contributed by atoms with E-state index < -0.39 is 0 Å². The van der Waals surface area contributed by atoms with Crippen molar-refractivity contribution in [1.29, 1.82) is 0 Å². The molecule has 0 aromatic heterocycles. The molecule has 0 atom stereocenters. The monoisotopic (exact) mass is 301 g/mol. The Balaban J connectivity index is 1.89. The number of aliphatic hydroxyl groups is 1. The topological polar surface area (TPSA) is 40.5 Å². The number of carbonyl (C=O) groups is 1. The maximum Gasteiger partial charge on any atom is 0.226 e. The van der Waals surface area contributed by atoms with Gasteiger partial charge in [-0.15, -0.1) is 0 Å². The van der Waals surface area contributed by atoms with Crippen LogP contribution in [0.4, 0.5) is 0 Å². The highest BCUT2D eigenvalue weighted by atomic mass is 35.5. The fraction of sp³-hybridized carbons (Fsp3) is 0.500. The minimum atomic E-state index is -0.181. The van der Waals surface area contributed by atoms with Crippen LogP contribution in [-0.4, -0.2) is 35.6 Å². The molecule has 0 bridgehead atoms. The lowest BCUT2D eigenvalue weighted by Gasteiger charge is -2.34. The Morgan fingerprint density at radius 3 is 2.68 bits per heavy atom. The van der Waals surface area contributed by atoms with Gasteiger partial charge in [-0.25, -0.2) is 0 Å². The van der Waals surface area contributed by atoms with Gasteiger partial charge in [0.05, 0.1) is 12.5 Å². The molecule has 1 aromatic carbocycles. The molecule has 0 unspecified atom stereocenters. The maximum atomic E-state index is 12.1. The highest BCUT2D eigenvalue weighted by Gasteiger charge is 2.29. The van der Waals surface area contributed by atoms with Crippen molar-refractivity contribution in [2.75, 3.05) is 13.6 Å². The second-order valence-electron chi connectivity index (χ2n) is 5.18. The third-order valence-corrected chi connectivity index (χ3v) is 4.11. The van der Waals surface area contributed by atoms with Crippen LogP contribution < -0.4 is 0 Å². The lowest BCUT2D eigenvalue weighted by atomic mass is 9.82. The average molecular weight is 302 g/mol. The first-order valence-corrected chi connectivity index (χ1v) is 7.07. The summed E-state index contributed by atoms with van der Waals surface area (Å²) in [5.41, 5.74) is 0.788. The van der Waals surface area contributed by atoms with Crippen molar-refractivity contribution in [3.63, 3.8) is 0 Å². The molecular formula is C14H17Cl2NO2. The molecule has 0 aliphatic heterocycles. The molecular weight excluding hydrogens is 285 g/mol. The van der Waals surface area contributed by atoms with Crippen molar-refractivity contribution in [3.05, 3.63) is 33.8 Å². The Hall–Kier alpha value is -0.770. The summed E-state index contributed by atoms with van der Waals surface area (Å²) < 4.78 is 0. The smallest absolute Gasteiger partial charge is 0.226 e. The van der Waals surface area contributed by atoms with Crippen LogP contribution in [0.1, 0.15) is 18.4 Å². The zero-order chi connectivity index (χ0) is 14.0. The van der Waals surface area contributed by atoms with Crippen LogP contribution in [0.25, 0.3) is 0 Å². The predicted octanol–water partition coefficient (Wildman–Crippen LogP) is 2.77. The molecule has 1 aromatic rings. The largest absolute Gasteiger partial charge is 0.393 e.